The summed E-state index contributed by atoms with van der Waals surface area (Å²) in [4.78, 5) is 0. The Balaban J connectivity index is 1.74. The van der Waals surface area contributed by atoms with E-state index in [1.807, 2.05) is 0 Å². The Morgan fingerprint density at radius 2 is 1.60 bits per heavy atom. The summed E-state index contributed by atoms with van der Waals surface area (Å²) in [6.07, 6.45) is 3.38. The second kappa shape index (κ2) is 7.49. The highest BCUT2D eigenvalue weighted by Crippen LogP contribution is 2.26. The number of benzene rings is 2. The van der Waals surface area contributed by atoms with E-state index in [4.69, 9.17) is 4.74 Å². The van der Waals surface area contributed by atoms with Gasteiger partial charge in [0.15, 0.2) is 0 Å². The molecule has 0 aliphatic rings. The lowest BCUT2D eigenvalue weighted by Crippen LogP contribution is -1.99. The van der Waals surface area contributed by atoms with E-state index < -0.39 is 0 Å². The first-order valence-corrected chi connectivity index (χ1v) is 7.89. The average molecular weight is 333 g/mol. The molecule has 2 aromatic rings. The van der Waals surface area contributed by atoms with Gasteiger partial charge in [-0.25, -0.2) is 0 Å². The maximum atomic E-state index is 5.84. The molecule has 1 nitrogen and oxygen atoms in total. The molecule has 2 aromatic carbocycles. The average Bonchev–Trinajstić information content (AvgIpc) is 2.45. The molecule has 0 bridgehead atoms. The van der Waals surface area contributed by atoms with Gasteiger partial charge in [-0.15, -0.1) is 0 Å². The molecular formula is C18H21BrO. The third kappa shape index (κ3) is 4.38. The lowest BCUT2D eigenvalue weighted by Gasteiger charge is -2.10. The third-order valence-electron chi connectivity index (χ3n) is 3.38. The van der Waals surface area contributed by atoms with E-state index >= 15 is 0 Å². The van der Waals surface area contributed by atoms with Gasteiger partial charge in [0.1, 0.15) is 5.75 Å². The smallest absolute Gasteiger partial charge is 0.119 e. The summed E-state index contributed by atoms with van der Waals surface area (Å²) in [5, 5.41) is 0. The monoisotopic (exact) mass is 332 g/mol. The van der Waals surface area contributed by atoms with Crippen molar-refractivity contribution in [2.75, 3.05) is 6.61 Å². The molecule has 0 heterocycles. The Labute approximate surface area is 130 Å². The molecule has 20 heavy (non-hydrogen) atoms. The van der Waals surface area contributed by atoms with Crippen LogP contribution in [-0.2, 0) is 6.42 Å². The van der Waals surface area contributed by atoms with Crippen molar-refractivity contribution < 1.29 is 4.74 Å². The normalized spacial score (nSPS) is 10.6. The van der Waals surface area contributed by atoms with Gasteiger partial charge in [-0.1, -0.05) is 46.3 Å². The number of unbranched alkanes of at least 4 members (excludes halogenated alkanes) is 1. The van der Waals surface area contributed by atoms with Crippen molar-refractivity contribution in [3.8, 4) is 5.75 Å². The van der Waals surface area contributed by atoms with Crippen molar-refractivity contribution in [2.45, 2.75) is 33.1 Å². The predicted octanol–water partition coefficient (Wildman–Crippen LogP) is 5.47. The molecule has 0 atom stereocenters. The Morgan fingerprint density at radius 1 is 0.950 bits per heavy atom. The molecule has 0 fully saturated rings. The minimum absolute atomic E-state index is 0.785. The second-order valence-corrected chi connectivity index (χ2v) is 5.96. The molecule has 0 spiro atoms. The van der Waals surface area contributed by atoms with E-state index in [2.05, 4.69) is 72.2 Å². The summed E-state index contributed by atoms with van der Waals surface area (Å²) in [6.45, 7) is 4.98. The van der Waals surface area contributed by atoms with Crippen LogP contribution in [0.5, 0.6) is 5.75 Å². The number of hydrogen-bond donors (Lipinski definition) is 0. The first-order chi connectivity index (χ1) is 9.66. The van der Waals surface area contributed by atoms with Crippen LogP contribution in [0, 0.1) is 13.8 Å². The minimum Gasteiger partial charge on any atom is -0.494 e. The van der Waals surface area contributed by atoms with Crippen LogP contribution in [0.15, 0.2) is 46.9 Å². The number of aryl methyl sites for hydroxylation is 3. The molecular weight excluding hydrogens is 312 g/mol. The maximum absolute atomic E-state index is 5.84. The number of halogens is 1. The molecule has 106 valence electrons. The summed E-state index contributed by atoms with van der Waals surface area (Å²) in [7, 11) is 0. The van der Waals surface area contributed by atoms with Crippen LogP contribution in [0.1, 0.15) is 29.5 Å². The van der Waals surface area contributed by atoms with Crippen LogP contribution < -0.4 is 4.74 Å². The van der Waals surface area contributed by atoms with Gasteiger partial charge in [0.2, 0.25) is 0 Å². The van der Waals surface area contributed by atoms with Crippen molar-refractivity contribution in [2.24, 2.45) is 0 Å². The first-order valence-electron chi connectivity index (χ1n) is 7.10. The Bertz CT molecular complexity index is 526. The van der Waals surface area contributed by atoms with E-state index in [-0.39, 0.29) is 0 Å². The zero-order valence-corrected chi connectivity index (χ0v) is 13.7. The molecule has 2 rings (SSSR count). The fourth-order valence-corrected chi connectivity index (χ4v) is 2.48. The van der Waals surface area contributed by atoms with E-state index in [0.717, 1.165) is 25.2 Å². The van der Waals surface area contributed by atoms with Crippen LogP contribution >= 0.6 is 15.9 Å². The Kier molecular flexibility index (Phi) is 5.66. The standard InChI is InChI=1S/C18H21BrO/c1-14-12-17(13-15(2)18(14)19)20-11-7-6-10-16-8-4-3-5-9-16/h3-5,8-9,12-13H,6-7,10-11H2,1-2H3. The van der Waals surface area contributed by atoms with Gasteiger partial charge < -0.3 is 4.74 Å². The van der Waals surface area contributed by atoms with Crippen LogP contribution in [0.2, 0.25) is 0 Å². The molecule has 0 aliphatic heterocycles. The van der Waals surface area contributed by atoms with E-state index in [1.165, 1.54) is 27.6 Å². The largest absolute Gasteiger partial charge is 0.494 e. The molecule has 0 unspecified atom stereocenters. The maximum Gasteiger partial charge on any atom is 0.119 e. The molecule has 0 saturated carbocycles. The van der Waals surface area contributed by atoms with Gasteiger partial charge >= 0.3 is 0 Å². The van der Waals surface area contributed by atoms with Gasteiger partial charge in [-0.2, -0.15) is 0 Å². The third-order valence-corrected chi connectivity index (χ3v) is 4.63. The number of rotatable bonds is 6. The van der Waals surface area contributed by atoms with Crippen LogP contribution in [0.25, 0.3) is 0 Å². The Hall–Kier alpha value is -1.28. The van der Waals surface area contributed by atoms with Gasteiger partial charge in [-0.3, -0.25) is 0 Å². The van der Waals surface area contributed by atoms with Crippen molar-refractivity contribution >= 4 is 15.9 Å². The van der Waals surface area contributed by atoms with E-state index in [0.29, 0.717) is 0 Å². The lowest BCUT2D eigenvalue weighted by atomic mass is 10.1. The minimum atomic E-state index is 0.785. The quantitative estimate of drug-likeness (QED) is 0.637. The van der Waals surface area contributed by atoms with Gasteiger partial charge in [0.25, 0.3) is 0 Å². The van der Waals surface area contributed by atoms with Crippen LogP contribution in [-0.4, -0.2) is 6.61 Å². The fraction of sp³-hybridized carbons (Fsp3) is 0.333. The summed E-state index contributed by atoms with van der Waals surface area (Å²) < 4.78 is 7.01. The van der Waals surface area contributed by atoms with Crippen LogP contribution in [0.4, 0.5) is 0 Å². The zero-order chi connectivity index (χ0) is 14.4. The summed E-state index contributed by atoms with van der Waals surface area (Å²) >= 11 is 3.58. The summed E-state index contributed by atoms with van der Waals surface area (Å²) in [5.41, 5.74) is 3.86. The topological polar surface area (TPSA) is 9.23 Å². The summed E-state index contributed by atoms with van der Waals surface area (Å²) in [6, 6.07) is 14.8. The van der Waals surface area contributed by atoms with Gasteiger partial charge in [-0.05, 0) is 61.9 Å². The predicted molar refractivity (Wildman–Crippen MR) is 88.5 cm³/mol. The number of hydrogen-bond acceptors (Lipinski definition) is 1. The molecule has 0 saturated heterocycles. The van der Waals surface area contributed by atoms with Crippen LogP contribution in [0.3, 0.4) is 0 Å². The van der Waals surface area contributed by atoms with Crippen molar-refractivity contribution in [1.29, 1.82) is 0 Å². The van der Waals surface area contributed by atoms with Crippen molar-refractivity contribution in [1.82, 2.24) is 0 Å². The first kappa shape index (κ1) is 15.1. The highest BCUT2D eigenvalue weighted by molar-refractivity contribution is 9.10. The van der Waals surface area contributed by atoms with Crippen molar-refractivity contribution in [3.05, 3.63) is 63.6 Å². The van der Waals surface area contributed by atoms with E-state index in [1.54, 1.807) is 0 Å². The zero-order valence-electron chi connectivity index (χ0n) is 12.2. The van der Waals surface area contributed by atoms with Gasteiger partial charge in [0, 0.05) is 4.47 Å². The fourth-order valence-electron chi connectivity index (χ4n) is 2.26. The summed E-state index contributed by atoms with van der Waals surface area (Å²) in [5.74, 6) is 0.975. The Morgan fingerprint density at radius 3 is 2.25 bits per heavy atom. The highest BCUT2D eigenvalue weighted by Gasteiger charge is 2.03. The molecule has 0 aromatic heterocycles. The molecule has 2 heteroatoms. The lowest BCUT2D eigenvalue weighted by molar-refractivity contribution is 0.306. The number of ether oxygens (including phenoxy) is 1. The molecule has 0 aliphatic carbocycles. The van der Waals surface area contributed by atoms with E-state index in [9.17, 15) is 0 Å². The molecule has 0 N–H and O–H groups in total. The second-order valence-electron chi connectivity index (χ2n) is 5.16. The highest BCUT2D eigenvalue weighted by atomic mass is 79.9. The van der Waals surface area contributed by atoms with Gasteiger partial charge in [0.05, 0.1) is 6.61 Å². The van der Waals surface area contributed by atoms with Crippen molar-refractivity contribution in [3.63, 3.8) is 0 Å². The SMILES string of the molecule is Cc1cc(OCCCCc2ccccc2)cc(C)c1Br. The molecule has 0 amide bonds. The molecule has 0 radical (unpaired) electrons.